The number of carboxylic acid groups (broad SMARTS) is 1. The van der Waals surface area contributed by atoms with E-state index in [-0.39, 0.29) is 12.0 Å². The summed E-state index contributed by atoms with van der Waals surface area (Å²) < 4.78 is 5.92. The van der Waals surface area contributed by atoms with Crippen LogP contribution in [0.25, 0.3) is 0 Å². The minimum atomic E-state index is -0.758. The van der Waals surface area contributed by atoms with Gasteiger partial charge < -0.3 is 9.52 Å². The predicted octanol–water partition coefficient (Wildman–Crippen LogP) is 3.48. The summed E-state index contributed by atoms with van der Waals surface area (Å²) in [7, 11) is 0. The molecule has 1 fully saturated rings. The molecule has 1 N–H and O–H groups in total. The Morgan fingerprint density at radius 3 is 2.60 bits per heavy atom. The van der Waals surface area contributed by atoms with E-state index in [9.17, 15) is 4.79 Å². The molecule has 4 nitrogen and oxygen atoms in total. The maximum absolute atomic E-state index is 10.8. The molecule has 2 unspecified atom stereocenters. The SMILES string of the molecule is CC1CC1c1ccc(CN(CCC(=O)O)C(C)(C)C)o1. The highest BCUT2D eigenvalue weighted by molar-refractivity contribution is 5.66. The van der Waals surface area contributed by atoms with Crippen molar-refractivity contribution in [2.24, 2.45) is 5.92 Å². The first-order valence-electron chi connectivity index (χ1n) is 7.33. The van der Waals surface area contributed by atoms with Gasteiger partial charge in [-0.15, -0.1) is 0 Å². The molecule has 0 amide bonds. The average Bonchev–Trinajstić information content (AvgIpc) is 2.87. The molecular weight excluding hydrogens is 254 g/mol. The van der Waals surface area contributed by atoms with Crippen molar-refractivity contribution in [1.29, 1.82) is 0 Å². The zero-order chi connectivity index (χ0) is 14.9. The van der Waals surface area contributed by atoms with Crippen molar-refractivity contribution in [3.05, 3.63) is 23.7 Å². The third-order valence-corrected chi connectivity index (χ3v) is 4.05. The van der Waals surface area contributed by atoms with Gasteiger partial charge in [-0.3, -0.25) is 9.69 Å². The van der Waals surface area contributed by atoms with Gasteiger partial charge in [-0.05, 0) is 45.2 Å². The first-order chi connectivity index (χ1) is 9.27. The van der Waals surface area contributed by atoms with Gasteiger partial charge in [-0.2, -0.15) is 0 Å². The highest BCUT2D eigenvalue weighted by atomic mass is 16.4. The predicted molar refractivity (Wildman–Crippen MR) is 77.6 cm³/mol. The van der Waals surface area contributed by atoms with Crippen LogP contribution < -0.4 is 0 Å². The minimum absolute atomic E-state index is 0.0741. The van der Waals surface area contributed by atoms with Crippen LogP contribution >= 0.6 is 0 Å². The Bertz CT molecular complexity index is 472. The largest absolute Gasteiger partial charge is 0.481 e. The molecule has 2 atom stereocenters. The van der Waals surface area contributed by atoms with Gasteiger partial charge in [0.15, 0.2) is 0 Å². The summed E-state index contributed by atoms with van der Waals surface area (Å²) in [5.41, 5.74) is -0.0741. The van der Waals surface area contributed by atoms with Gasteiger partial charge in [0, 0.05) is 18.0 Å². The van der Waals surface area contributed by atoms with Gasteiger partial charge in [0.25, 0.3) is 0 Å². The smallest absolute Gasteiger partial charge is 0.304 e. The maximum atomic E-state index is 10.8. The Morgan fingerprint density at radius 1 is 1.45 bits per heavy atom. The number of carboxylic acids is 1. The van der Waals surface area contributed by atoms with Gasteiger partial charge in [-0.25, -0.2) is 0 Å². The van der Waals surface area contributed by atoms with Gasteiger partial charge in [0.1, 0.15) is 11.5 Å². The molecule has 0 aliphatic heterocycles. The summed E-state index contributed by atoms with van der Waals surface area (Å²) in [6.45, 7) is 9.73. The van der Waals surface area contributed by atoms with E-state index in [1.807, 2.05) is 6.07 Å². The summed E-state index contributed by atoms with van der Waals surface area (Å²) in [6, 6.07) is 4.10. The van der Waals surface area contributed by atoms with E-state index in [1.165, 1.54) is 6.42 Å². The Kier molecular flexibility index (Phi) is 4.23. The van der Waals surface area contributed by atoms with E-state index < -0.39 is 5.97 Å². The summed E-state index contributed by atoms with van der Waals surface area (Å²) >= 11 is 0. The van der Waals surface area contributed by atoms with Crippen LogP contribution in [0.5, 0.6) is 0 Å². The second-order valence-electron chi connectivity index (χ2n) is 6.86. The van der Waals surface area contributed by atoms with Crippen molar-refractivity contribution in [3.63, 3.8) is 0 Å². The summed E-state index contributed by atoms with van der Waals surface area (Å²) in [5.74, 6) is 2.58. The van der Waals surface area contributed by atoms with Crippen LogP contribution in [0.3, 0.4) is 0 Å². The molecule has 4 heteroatoms. The summed E-state index contributed by atoms with van der Waals surface area (Å²) in [5, 5.41) is 8.86. The lowest BCUT2D eigenvalue weighted by Crippen LogP contribution is -2.41. The molecule has 20 heavy (non-hydrogen) atoms. The molecule has 0 aromatic carbocycles. The monoisotopic (exact) mass is 279 g/mol. The second-order valence-corrected chi connectivity index (χ2v) is 6.86. The number of hydrogen-bond acceptors (Lipinski definition) is 3. The lowest BCUT2D eigenvalue weighted by atomic mass is 10.1. The van der Waals surface area contributed by atoms with Crippen LogP contribution in [0.2, 0.25) is 0 Å². The highest BCUT2D eigenvalue weighted by Crippen LogP contribution is 2.47. The molecule has 1 aliphatic carbocycles. The molecule has 1 aromatic heterocycles. The van der Waals surface area contributed by atoms with Crippen LogP contribution in [0.1, 0.15) is 58.0 Å². The van der Waals surface area contributed by atoms with E-state index in [2.05, 4.69) is 38.7 Å². The number of rotatable bonds is 6. The molecule has 0 bridgehead atoms. The summed E-state index contributed by atoms with van der Waals surface area (Å²) in [6.07, 6.45) is 1.37. The number of hydrogen-bond donors (Lipinski definition) is 1. The third kappa shape index (κ3) is 3.85. The molecule has 1 aliphatic rings. The van der Waals surface area contributed by atoms with Crippen molar-refractivity contribution >= 4 is 5.97 Å². The normalized spacial score (nSPS) is 22.2. The van der Waals surface area contributed by atoms with E-state index >= 15 is 0 Å². The first kappa shape index (κ1) is 15.1. The Balaban J connectivity index is 1.99. The van der Waals surface area contributed by atoms with Crippen molar-refractivity contribution in [1.82, 2.24) is 4.90 Å². The molecule has 1 heterocycles. The van der Waals surface area contributed by atoms with E-state index in [0.717, 1.165) is 17.4 Å². The number of carbonyl (C=O) groups is 1. The second kappa shape index (κ2) is 5.60. The average molecular weight is 279 g/mol. The first-order valence-corrected chi connectivity index (χ1v) is 7.33. The quantitative estimate of drug-likeness (QED) is 0.866. The molecule has 0 saturated heterocycles. The van der Waals surface area contributed by atoms with Gasteiger partial charge in [0.05, 0.1) is 13.0 Å². The van der Waals surface area contributed by atoms with Crippen molar-refractivity contribution in [2.75, 3.05) is 6.54 Å². The molecule has 2 rings (SSSR count). The Morgan fingerprint density at radius 2 is 2.10 bits per heavy atom. The standard InChI is InChI=1S/C16H25NO3/c1-11-9-13(11)14-6-5-12(20-14)10-17(16(2,3)4)8-7-15(18)19/h5-6,11,13H,7-10H2,1-4H3,(H,18,19). The number of nitrogens with zero attached hydrogens (tertiary/aromatic N) is 1. The number of furan rings is 1. The molecule has 112 valence electrons. The lowest BCUT2D eigenvalue weighted by molar-refractivity contribution is -0.137. The molecular formula is C16H25NO3. The van der Waals surface area contributed by atoms with E-state index in [4.69, 9.17) is 9.52 Å². The Labute approximate surface area is 120 Å². The fraction of sp³-hybridized carbons (Fsp3) is 0.688. The van der Waals surface area contributed by atoms with Gasteiger partial charge in [-0.1, -0.05) is 6.92 Å². The van der Waals surface area contributed by atoms with Gasteiger partial charge in [0.2, 0.25) is 0 Å². The number of aliphatic carboxylic acids is 1. The van der Waals surface area contributed by atoms with E-state index in [1.54, 1.807) is 0 Å². The topological polar surface area (TPSA) is 53.7 Å². The summed E-state index contributed by atoms with van der Waals surface area (Å²) in [4.78, 5) is 12.9. The van der Waals surface area contributed by atoms with E-state index in [0.29, 0.717) is 19.0 Å². The molecule has 1 saturated carbocycles. The Hall–Kier alpha value is -1.29. The maximum Gasteiger partial charge on any atom is 0.304 e. The van der Waals surface area contributed by atoms with Crippen molar-refractivity contribution in [2.45, 2.75) is 58.5 Å². The van der Waals surface area contributed by atoms with Crippen LogP contribution in [0.4, 0.5) is 0 Å². The fourth-order valence-corrected chi connectivity index (χ4v) is 2.47. The molecule has 1 aromatic rings. The van der Waals surface area contributed by atoms with Gasteiger partial charge >= 0.3 is 5.97 Å². The van der Waals surface area contributed by atoms with Crippen molar-refractivity contribution in [3.8, 4) is 0 Å². The van der Waals surface area contributed by atoms with Crippen LogP contribution in [0, 0.1) is 5.92 Å². The van der Waals surface area contributed by atoms with Crippen molar-refractivity contribution < 1.29 is 14.3 Å². The third-order valence-electron chi connectivity index (χ3n) is 4.05. The van der Waals surface area contributed by atoms with Crippen LogP contribution in [-0.2, 0) is 11.3 Å². The lowest BCUT2D eigenvalue weighted by Gasteiger charge is -2.34. The van der Waals surface area contributed by atoms with Crippen LogP contribution in [0.15, 0.2) is 16.5 Å². The fourth-order valence-electron chi connectivity index (χ4n) is 2.47. The van der Waals surface area contributed by atoms with Crippen LogP contribution in [-0.4, -0.2) is 28.1 Å². The molecule has 0 spiro atoms. The molecule has 0 radical (unpaired) electrons. The zero-order valence-electron chi connectivity index (χ0n) is 12.8. The zero-order valence-corrected chi connectivity index (χ0v) is 12.8. The highest BCUT2D eigenvalue weighted by Gasteiger charge is 2.36. The minimum Gasteiger partial charge on any atom is -0.481 e.